The van der Waals surface area contributed by atoms with Gasteiger partial charge in [0.1, 0.15) is 23.7 Å². The maximum Gasteiger partial charge on any atom is 0.248 e. The van der Waals surface area contributed by atoms with E-state index in [9.17, 15) is 9.59 Å². The van der Waals surface area contributed by atoms with E-state index in [-0.39, 0.29) is 11.9 Å². The molecule has 0 saturated heterocycles. The molecule has 2 atom stereocenters. The second-order valence-electron chi connectivity index (χ2n) is 8.07. The first-order valence-corrected chi connectivity index (χ1v) is 10.9. The number of ether oxygens (including phenoxy) is 2. The molecule has 168 valence electrons. The van der Waals surface area contributed by atoms with Crippen LogP contribution in [-0.2, 0) is 0 Å². The largest absolute Gasteiger partial charge is 0.484 e. The van der Waals surface area contributed by atoms with Crippen molar-refractivity contribution in [2.24, 2.45) is 5.73 Å². The summed E-state index contributed by atoms with van der Waals surface area (Å²) in [5.74, 6) is 0.605. The number of hydrogen-bond donors (Lipinski definition) is 1. The SMILES string of the molecule is NC(=O)c1ccc([C@H](Oc2ccc3c(c2)O[C@@H](c2ccccc2)CC3=O)c2ccncc2)cc1. The van der Waals surface area contributed by atoms with E-state index < -0.39 is 12.0 Å². The number of ketones is 1. The molecule has 1 amide bonds. The molecule has 0 unspecified atom stereocenters. The monoisotopic (exact) mass is 450 g/mol. The van der Waals surface area contributed by atoms with Gasteiger partial charge < -0.3 is 15.2 Å². The quantitative estimate of drug-likeness (QED) is 0.444. The summed E-state index contributed by atoms with van der Waals surface area (Å²) in [5.41, 5.74) is 9.04. The van der Waals surface area contributed by atoms with Gasteiger partial charge in [-0.25, -0.2) is 0 Å². The number of carbonyl (C=O) groups excluding carboxylic acids is 2. The van der Waals surface area contributed by atoms with Crippen LogP contribution in [-0.4, -0.2) is 16.7 Å². The van der Waals surface area contributed by atoms with E-state index in [0.29, 0.717) is 29.0 Å². The highest BCUT2D eigenvalue weighted by atomic mass is 16.5. The molecule has 0 aliphatic carbocycles. The standard InChI is InChI=1S/C28H22N2O4/c29-28(32)21-8-6-19(7-9-21)27(20-12-14-30-15-13-20)33-22-10-11-23-24(31)17-25(34-26(23)16-22)18-4-2-1-3-5-18/h1-16,25,27H,17H2,(H2,29,32)/t25-,27+/m1/s1. The van der Waals surface area contributed by atoms with Gasteiger partial charge in [-0.15, -0.1) is 0 Å². The molecule has 6 heteroatoms. The Morgan fingerprint density at radius 3 is 2.35 bits per heavy atom. The predicted molar refractivity (Wildman–Crippen MR) is 127 cm³/mol. The molecule has 1 aliphatic rings. The molecule has 4 aromatic rings. The molecular formula is C28H22N2O4. The van der Waals surface area contributed by atoms with Crippen LogP contribution >= 0.6 is 0 Å². The van der Waals surface area contributed by atoms with Gasteiger partial charge in [0.15, 0.2) is 5.78 Å². The molecule has 1 aromatic heterocycles. The number of fused-ring (bicyclic) bond motifs is 1. The van der Waals surface area contributed by atoms with E-state index >= 15 is 0 Å². The molecular weight excluding hydrogens is 428 g/mol. The average molecular weight is 450 g/mol. The van der Waals surface area contributed by atoms with Gasteiger partial charge in [-0.2, -0.15) is 0 Å². The van der Waals surface area contributed by atoms with Crippen LogP contribution in [0.1, 0.15) is 56.0 Å². The maximum absolute atomic E-state index is 12.8. The summed E-state index contributed by atoms with van der Waals surface area (Å²) in [7, 11) is 0. The highest BCUT2D eigenvalue weighted by molar-refractivity contribution is 6.00. The van der Waals surface area contributed by atoms with Gasteiger partial charge in [-0.05, 0) is 53.1 Å². The zero-order valence-electron chi connectivity index (χ0n) is 18.3. The zero-order valence-corrected chi connectivity index (χ0v) is 18.3. The Bertz CT molecular complexity index is 1320. The molecule has 0 fully saturated rings. The van der Waals surface area contributed by atoms with Crippen molar-refractivity contribution in [2.45, 2.75) is 18.6 Å². The highest BCUT2D eigenvalue weighted by Crippen LogP contribution is 2.38. The summed E-state index contributed by atoms with van der Waals surface area (Å²) < 4.78 is 12.6. The summed E-state index contributed by atoms with van der Waals surface area (Å²) in [6, 6.07) is 25.7. The lowest BCUT2D eigenvalue weighted by Gasteiger charge is -2.27. The average Bonchev–Trinajstić information content (AvgIpc) is 2.88. The van der Waals surface area contributed by atoms with Crippen LogP contribution in [0, 0.1) is 0 Å². The number of nitrogens with two attached hydrogens (primary N) is 1. The Morgan fingerprint density at radius 1 is 0.941 bits per heavy atom. The number of aromatic nitrogens is 1. The number of rotatable bonds is 6. The Labute approximate surface area is 197 Å². The molecule has 5 rings (SSSR count). The fourth-order valence-corrected chi connectivity index (χ4v) is 4.06. The van der Waals surface area contributed by atoms with Crippen LogP contribution in [0.3, 0.4) is 0 Å². The number of primary amides is 1. The summed E-state index contributed by atoms with van der Waals surface area (Å²) in [6.07, 6.45) is 2.88. The molecule has 34 heavy (non-hydrogen) atoms. The molecule has 0 spiro atoms. The number of hydrogen-bond acceptors (Lipinski definition) is 5. The van der Waals surface area contributed by atoms with Crippen molar-refractivity contribution in [3.8, 4) is 11.5 Å². The second-order valence-corrected chi connectivity index (χ2v) is 8.07. The van der Waals surface area contributed by atoms with Crippen molar-refractivity contribution >= 4 is 11.7 Å². The topological polar surface area (TPSA) is 91.5 Å². The fourth-order valence-electron chi connectivity index (χ4n) is 4.06. The molecule has 3 aromatic carbocycles. The van der Waals surface area contributed by atoms with Crippen LogP contribution in [0.2, 0.25) is 0 Å². The second kappa shape index (κ2) is 9.19. The zero-order chi connectivity index (χ0) is 23.5. The number of pyridine rings is 1. The van der Waals surface area contributed by atoms with Gasteiger partial charge in [0, 0.05) is 24.0 Å². The first-order chi connectivity index (χ1) is 16.6. The van der Waals surface area contributed by atoms with E-state index in [1.54, 1.807) is 42.7 Å². The number of benzene rings is 3. The Kier molecular flexibility index (Phi) is 5.79. The number of amides is 1. The van der Waals surface area contributed by atoms with Crippen molar-refractivity contribution in [3.63, 3.8) is 0 Å². The molecule has 2 N–H and O–H groups in total. The molecule has 0 bridgehead atoms. The summed E-state index contributed by atoms with van der Waals surface area (Å²) >= 11 is 0. The fraction of sp³-hybridized carbons (Fsp3) is 0.107. The summed E-state index contributed by atoms with van der Waals surface area (Å²) in [5, 5.41) is 0. The van der Waals surface area contributed by atoms with Gasteiger partial charge in [0.05, 0.1) is 12.0 Å². The Balaban J connectivity index is 1.46. The molecule has 1 aliphatic heterocycles. The van der Waals surface area contributed by atoms with Crippen LogP contribution in [0.5, 0.6) is 11.5 Å². The number of Topliss-reactive ketones (excluding diaryl/α,β-unsaturated/α-hetero) is 1. The first-order valence-electron chi connectivity index (χ1n) is 10.9. The van der Waals surface area contributed by atoms with Gasteiger partial charge >= 0.3 is 0 Å². The predicted octanol–water partition coefficient (Wildman–Crippen LogP) is 5.06. The van der Waals surface area contributed by atoms with E-state index in [1.807, 2.05) is 54.6 Å². The lowest BCUT2D eigenvalue weighted by atomic mass is 9.96. The third-order valence-corrected chi connectivity index (χ3v) is 5.83. The van der Waals surface area contributed by atoms with Gasteiger partial charge in [-0.3, -0.25) is 14.6 Å². The smallest absolute Gasteiger partial charge is 0.248 e. The molecule has 0 saturated carbocycles. The third kappa shape index (κ3) is 4.38. The van der Waals surface area contributed by atoms with E-state index in [2.05, 4.69) is 4.98 Å². The normalized spacial score (nSPS) is 15.6. The van der Waals surface area contributed by atoms with Crippen LogP contribution < -0.4 is 15.2 Å². The van der Waals surface area contributed by atoms with Crippen molar-refractivity contribution < 1.29 is 19.1 Å². The van der Waals surface area contributed by atoms with E-state index in [0.717, 1.165) is 16.7 Å². The van der Waals surface area contributed by atoms with Crippen LogP contribution in [0.4, 0.5) is 0 Å². The minimum atomic E-state index is -0.489. The Morgan fingerprint density at radius 2 is 1.65 bits per heavy atom. The molecule has 0 radical (unpaired) electrons. The van der Waals surface area contributed by atoms with E-state index in [1.165, 1.54) is 0 Å². The lowest BCUT2D eigenvalue weighted by molar-refractivity contribution is 0.0848. The Hall–Kier alpha value is -4.45. The number of nitrogens with zero attached hydrogens (tertiary/aromatic N) is 1. The van der Waals surface area contributed by atoms with Crippen molar-refractivity contribution in [1.82, 2.24) is 4.98 Å². The molecule has 6 nitrogen and oxygen atoms in total. The third-order valence-electron chi connectivity index (χ3n) is 5.83. The van der Waals surface area contributed by atoms with Crippen molar-refractivity contribution in [3.05, 3.63) is 125 Å². The minimum Gasteiger partial charge on any atom is -0.484 e. The van der Waals surface area contributed by atoms with Gasteiger partial charge in [-0.1, -0.05) is 42.5 Å². The number of carbonyl (C=O) groups is 2. The summed E-state index contributed by atoms with van der Waals surface area (Å²) in [6.45, 7) is 0. The lowest BCUT2D eigenvalue weighted by Crippen LogP contribution is -2.20. The maximum atomic E-state index is 12.8. The first kappa shape index (κ1) is 21.4. The van der Waals surface area contributed by atoms with Crippen molar-refractivity contribution in [1.29, 1.82) is 0 Å². The van der Waals surface area contributed by atoms with Crippen molar-refractivity contribution in [2.75, 3.05) is 0 Å². The highest BCUT2D eigenvalue weighted by Gasteiger charge is 2.28. The van der Waals surface area contributed by atoms with Crippen LogP contribution in [0.25, 0.3) is 0 Å². The van der Waals surface area contributed by atoms with Gasteiger partial charge in [0.25, 0.3) is 0 Å². The van der Waals surface area contributed by atoms with Gasteiger partial charge in [0.2, 0.25) is 5.91 Å². The van der Waals surface area contributed by atoms with E-state index in [4.69, 9.17) is 15.2 Å². The minimum absolute atomic E-state index is 0.0365. The molecule has 2 heterocycles. The summed E-state index contributed by atoms with van der Waals surface area (Å²) in [4.78, 5) is 28.3. The van der Waals surface area contributed by atoms with Crippen LogP contribution in [0.15, 0.2) is 97.3 Å².